The zero-order valence-corrected chi connectivity index (χ0v) is 17.7. The van der Waals surface area contributed by atoms with E-state index < -0.39 is 6.04 Å². The predicted octanol–water partition coefficient (Wildman–Crippen LogP) is 4.32. The Morgan fingerprint density at radius 2 is 1.94 bits per heavy atom. The number of Topliss-reactive ketones (excluding diaryl/α,β-unsaturated/α-hetero) is 1. The van der Waals surface area contributed by atoms with Crippen molar-refractivity contribution in [3.05, 3.63) is 65.4 Å². The number of ether oxygens (including phenoxy) is 1. The van der Waals surface area contributed by atoms with Crippen LogP contribution in [0.25, 0.3) is 11.4 Å². The summed E-state index contributed by atoms with van der Waals surface area (Å²) in [5, 5.41) is 17.9. The lowest BCUT2D eigenvalue weighted by Gasteiger charge is -2.38. The van der Waals surface area contributed by atoms with Gasteiger partial charge in [0.25, 0.3) is 0 Å². The second-order valence-electron chi connectivity index (χ2n) is 8.89. The Morgan fingerprint density at radius 1 is 1.16 bits per heavy atom. The second kappa shape index (κ2) is 6.97. The minimum atomic E-state index is -0.401. The minimum absolute atomic E-state index is 0.112. The summed E-state index contributed by atoms with van der Waals surface area (Å²) in [5.41, 5.74) is 3.21. The number of aromatic nitrogens is 3. The molecule has 0 bridgehead atoms. The van der Waals surface area contributed by atoms with Crippen LogP contribution in [0.5, 0.6) is 11.5 Å². The number of rotatable bonds is 3. The molecular formula is C24H24N4O3. The van der Waals surface area contributed by atoms with E-state index in [4.69, 9.17) is 14.8 Å². The highest BCUT2D eigenvalue weighted by atomic mass is 16.5. The normalized spacial score (nSPS) is 19.5. The van der Waals surface area contributed by atoms with Gasteiger partial charge in [0.15, 0.2) is 11.6 Å². The molecule has 1 unspecified atom stereocenters. The molecule has 2 N–H and O–H groups in total. The van der Waals surface area contributed by atoms with Gasteiger partial charge in [0.1, 0.15) is 17.5 Å². The lowest BCUT2D eigenvalue weighted by molar-refractivity contribution is -0.118. The largest absolute Gasteiger partial charge is 0.508 e. The van der Waals surface area contributed by atoms with Crippen LogP contribution in [-0.2, 0) is 4.79 Å². The number of methoxy groups -OCH3 is 1. The molecule has 2 aromatic carbocycles. The predicted molar refractivity (Wildman–Crippen MR) is 117 cm³/mol. The van der Waals surface area contributed by atoms with Crippen molar-refractivity contribution in [1.29, 1.82) is 0 Å². The zero-order valence-electron chi connectivity index (χ0n) is 17.7. The van der Waals surface area contributed by atoms with Gasteiger partial charge in [-0.1, -0.05) is 38.1 Å². The summed E-state index contributed by atoms with van der Waals surface area (Å²) in [6.45, 7) is 4.21. The van der Waals surface area contributed by atoms with Gasteiger partial charge in [-0.15, -0.1) is 5.10 Å². The lowest BCUT2D eigenvalue weighted by atomic mass is 9.73. The molecule has 0 saturated heterocycles. The molecule has 7 nitrogen and oxygen atoms in total. The molecule has 0 saturated carbocycles. The Bertz CT molecular complexity index is 1210. The number of phenols is 1. The number of carbonyl (C=O) groups excluding carboxylic acids is 1. The minimum Gasteiger partial charge on any atom is -0.508 e. The number of anilines is 1. The third-order valence-corrected chi connectivity index (χ3v) is 5.87. The van der Waals surface area contributed by atoms with Gasteiger partial charge in [0, 0.05) is 23.3 Å². The van der Waals surface area contributed by atoms with Crippen LogP contribution in [0.15, 0.2) is 59.8 Å². The molecule has 0 spiro atoms. The standard InChI is InChI=1S/C24H24N4O3/c1-24(2)12-18-20(19(30)13-24)21(14-7-9-16(29)10-8-14)28-23(25-18)26-22(27-28)15-5-4-6-17(11-15)31-3/h4-11,21,29H,12-13H2,1-3H3,(H,25,26,27). The Balaban J connectivity index is 1.67. The number of aromatic hydroxyl groups is 1. The average molecular weight is 416 g/mol. The molecule has 0 radical (unpaired) electrons. The Kier molecular flexibility index (Phi) is 4.36. The lowest BCUT2D eigenvalue weighted by Crippen LogP contribution is -2.36. The van der Waals surface area contributed by atoms with E-state index >= 15 is 0 Å². The van der Waals surface area contributed by atoms with E-state index in [2.05, 4.69) is 19.2 Å². The Morgan fingerprint density at radius 3 is 2.68 bits per heavy atom. The topological polar surface area (TPSA) is 89.3 Å². The molecule has 1 aromatic heterocycles. The number of ketones is 1. The highest BCUT2D eigenvalue weighted by Crippen LogP contribution is 2.45. The number of phenolic OH excluding ortho intramolecular Hbond substituents is 1. The second-order valence-corrected chi connectivity index (χ2v) is 8.89. The number of nitrogens with zero attached hydrogens (tertiary/aromatic N) is 3. The third kappa shape index (κ3) is 3.36. The van der Waals surface area contributed by atoms with Crippen LogP contribution in [0.3, 0.4) is 0 Å². The van der Waals surface area contributed by atoms with Crippen LogP contribution in [0, 0.1) is 5.41 Å². The number of benzene rings is 2. The summed E-state index contributed by atoms with van der Waals surface area (Å²) in [5.74, 6) is 2.17. The maximum Gasteiger partial charge on any atom is 0.226 e. The van der Waals surface area contributed by atoms with Crippen molar-refractivity contribution < 1.29 is 14.6 Å². The number of hydrogen-bond acceptors (Lipinski definition) is 6. The number of allylic oxidation sites excluding steroid dienone is 2. The van der Waals surface area contributed by atoms with E-state index in [1.54, 1.807) is 23.9 Å². The molecule has 3 aromatic rings. The highest BCUT2D eigenvalue weighted by Gasteiger charge is 2.41. The van der Waals surface area contributed by atoms with E-state index in [1.807, 2.05) is 36.4 Å². The third-order valence-electron chi connectivity index (χ3n) is 5.87. The van der Waals surface area contributed by atoms with Gasteiger partial charge in [-0.3, -0.25) is 4.79 Å². The van der Waals surface area contributed by atoms with Crippen LogP contribution in [0.2, 0.25) is 0 Å². The summed E-state index contributed by atoms with van der Waals surface area (Å²) in [6.07, 6.45) is 1.23. The molecule has 1 aliphatic carbocycles. The summed E-state index contributed by atoms with van der Waals surface area (Å²) >= 11 is 0. The van der Waals surface area contributed by atoms with Crippen LogP contribution in [0.1, 0.15) is 38.3 Å². The summed E-state index contributed by atoms with van der Waals surface area (Å²) in [6, 6.07) is 14.1. The van der Waals surface area contributed by atoms with Crippen LogP contribution < -0.4 is 10.1 Å². The van der Waals surface area contributed by atoms with Gasteiger partial charge in [-0.2, -0.15) is 4.98 Å². The number of fused-ring (bicyclic) bond motifs is 1. The van der Waals surface area contributed by atoms with Crippen LogP contribution in [0.4, 0.5) is 5.95 Å². The van der Waals surface area contributed by atoms with Crippen molar-refractivity contribution in [2.75, 3.05) is 12.4 Å². The van der Waals surface area contributed by atoms with E-state index in [1.165, 1.54) is 0 Å². The molecule has 0 amide bonds. The molecule has 1 aliphatic heterocycles. The van der Waals surface area contributed by atoms with Crippen molar-refractivity contribution in [3.63, 3.8) is 0 Å². The van der Waals surface area contributed by atoms with Gasteiger partial charge in [-0.25, -0.2) is 4.68 Å². The Hall–Kier alpha value is -3.61. The maximum atomic E-state index is 13.2. The van der Waals surface area contributed by atoms with Crippen molar-refractivity contribution in [1.82, 2.24) is 14.8 Å². The summed E-state index contributed by atoms with van der Waals surface area (Å²) in [7, 11) is 1.62. The molecule has 7 heteroatoms. The zero-order chi connectivity index (χ0) is 21.8. The van der Waals surface area contributed by atoms with Gasteiger partial charge >= 0.3 is 0 Å². The van der Waals surface area contributed by atoms with E-state index in [0.717, 1.165) is 34.6 Å². The van der Waals surface area contributed by atoms with Crippen molar-refractivity contribution in [2.45, 2.75) is 32.7 Å². The van der Waals surface area contributed by atoms with Crippen molar-refractivity contribution >= 4 is 11.7 Å². The molecule has 0 fully saturated rings. The quantitative estimate of drug-likeness (QED) is 0.661. The van der Waals surface area contributed by atoms with Gasteiger partial charge < -0.3 is 15.2 Å². The molecule has 2 aliphatic rings. The molecule has 158 valence electrons. The Labute approximate surface area is 180 Å². The van der Waals surface area contributed by atoms with E-state index in [9.17, 15) is 9.90 Å². The van der Waals surface area contributed by atoms with Crippen molar-refractivity contribution in [3.8, 4) is 22.9 Å². The first kappa shape index (κ1) is 19.4. The fourth-order valence-electron chi connectivity index (χ4n) is 4.46. The first-order chi connectivity index (χ1) is 14.8. The fraction of sp³-hybridized carbons (Fsp3) is 0.292. The maximum absolute atomic E-state index is 13.2. The molecule has 2 heterocycles. The number of carbonyl (C=O) groups is 1. The van der Waals surface area contributed by atoms with Crippen molar-refractivity contribution in [2.24, 2.45) is 5.41 Å². The average Bonchev–Trinajstić information content (AvgIpc) is 3.16. The summed E-state index contributed by atoms with van der Waals surface area (Å²) in [4.78, 5) is 18.0. The smallest absolute Gasteiger partial charge is 0.226 e. The van der Waals surface area contributed by atoms with Crippen LogP contribution >= 0.6 is 0 Å². The van der Waals surface area contributed by atoms with Crippen LogP contribution in [-0.4, -0.2) is 32.8 Å². The molecular weight excluding hydrogens is 392 g/mol. The first-order valence-electron chi connectivity index (χ1n) is 10.3. The van der Waals surface area contributed by atoms with E-state index in [-0.39, 0.29) is 16.9 Å². The molecule has 31 heavy (non-hydrogen) atoms. The van der Waals surface area contributed by atoms with Gasteiger partial charge in [0.05, 0.1) is 7.11 Å². The fourth-order valence-corrected chi connectivity index (χ4v) is 4.46. The molecule has 1 atom stereocenters. The van der Waals surface area contributed by atoms with Gasteiger partial charge in [-0.05, 0) is 41.7 Å². The SMILES string of the molecule is COc1cccc(-c2nc3n(n2)C(c2ccc(O)cc2)C2=C(CC(C)(C)CC2=O)N3)c1. The highest BCUT2D eigenvalue weighted by molar-refractivity contribution is 6.00. The summed E-state index contributed by atoms with van der Waals surface area (Å²) < 4.78 is 7.11. The number of nitrogens with one attached hydrogen (secondary N) is 1. The van der Waals surface area contributed by atoms with E-state index in [0.29, 0.717) is 18.2 Å². The first-order valence-corrected chi connectivity index (χ1v) is 10.3. The molecule has 5 rings (SSSR count). The monoisotopic (exact) mass is 416 g/mol. The number of hydrogen-bond donors (Lipinski definition) is 2. The van der Waals surface area contributed by atoms with Gasteiger partial charge in [0.2, 0.25) is 5.95 Å².